The fraction of sp³-hybridized carbons (Fsp3) is 0.933. The van der Waals surface area contributed by atoms with Gasteiger partial charge in [0.2, 0.25) is 0 Å². The normalized spacial score (nSPS) is 21.8. The number of likely N-dealkylation sites (tertiary alicyclic amines) is 1. The Labute approximate surface area is 128 Å². The zero-order valence-electron chi connectivity index (χ0n) is 13.2. The molecule has 122 valence electrons. The number of morpholine rings is 1. The van der Waals surface area contributed by atoms with Gasteiger partial charge in [-0.15, -0.1) is 0 Å². The Morgan fingerprint density at radius 3 is 2.43 bits per heavy atom. The standard InChI is InChI=1S/C15H31N5O/c16-15(17-5-3-9-19-7-1-2-8-19)18-6-4-10-20-11-13-21-14-12-20/h1-14H2,(H3,16,17,18). The molecule has 6 nitrogen and oxygen atoms in total. The molecule has 0 radical (unpaired) electrons. The number of aliphatic imine (C=N–C) groups is 1. The Hall–Kier alpha value is -0.850. The van der Waals surface area contributed by atoms with E-state index in [1.54, 1.807) is 0 Å². The van der Waals surface area contributed by atoms with Crippen molar-refractivity contribution in [3.8, 4) is 0 Å². The summed E-state index contributed by atoms with van der Waals surface area (Å²) in [4.78, 5) is 9.35. The van der Waals surface area contributed by atoms with Crippen LogP contribution in [0.5, 0.6) is 0 Å². The number of nitrogens with two attached hydrogens (primary N) is 1. The van der Waals surface area contributed by atoms with E-state index >= 15 is 0 Å². The minimum atomic E-state index is 0.596. The number of nitrogens with zero attached hydrogens (tertiary/aromatic N) is 3. The van der Waals surface area contributed by atoms with Gasteiger partial charge in [-0.3, -0.25) is 9.89 Å². The van der Waals surface area contributed by atoms with Crippen LogP contribution in [0.25, 0.3) is 0 Å². The summed E-state index contributed by atoms with van der Waals surface area (Å²) in [6, 6.07) is 0. The summed E-state index contributed by atoms with van der Waals surface area (Å²) >= 11 is 0. The first-order valence-corrected chi connectivity index (χ1v) is 8.41. The topological polar surface area (TPSA) is 66.1 Å². The van der Waals surface area contributed by atoms with Crippen LogP contribution in [0, 0.1) is 0 Å². The molecular formula is C15H31N5O. The van der Waals surface area contributed by atoms with Crippen molar-refractivity contribution in [3.63, 3.8) is 0 Å². The molecule has 0 saturated carbocycles. The number of hydrogen-bond acceptors (Lipinski definition) is 4. The molecule has 0 amide bonds. The molecule has 0 spiro atoms. The van der Waals surface area contributed by atoms with Gasteiger partial charge in [-0.1, -0.05) is 0 Å². The smallest absolute Gasteiger partial charge is 0.188 e. The Morgan fingerprint density at radius 1 is 1.00 bits per heavy atom. The third-order valence-electron chi connectivity index (χ3n) is 4.17. The molecule has 2 fully saturated rings. The van der Waals surface area contributed by atoms with Gasteiger partial charge in [-0.05, 0) is 51.9 Å². The van der Waals surface area contributed by atoms with Gasteiger partial charge in [-0.25, -0.2) is 0 Å². The van der Waals surface area contributed by atoms with Gasteiger partial charge >= 0.3 is 0 Å². The minimum absolute atomic E-state index is 0.596. The van der Waals surface area contributed by atoms with Gasteiger partial charge in [0.15, 0.2) is 5.96 Å². The molecule has 2 saturated heterocycles. The predicted octanol–water partition coefficient (Wildman–Crippen LogP) is 0.0989. The average Bonchev–Trinajstić information content (AvgIpc) is 3.02. The molecule has 6 heteroatoms. The second-order valence-electron chi connectivity index (χ2n) is 5.90. The zero-order chi connectivity index (χ0) is 14.8. The largest absolute Gasteiger partial charge is 0.379 e. The first-order chi connectivity index (χ1) is 10.3. The maximum absolute atomic E-state index is 5.88. The lowest BCUT2D eigenvalue weighted by Crippen LogP contribution is -2.39. The summed E-state index contributed by atoms with van der Waals surface area (Å²) in [5.74, 6) is 0.596. The third kappa shape index (κ3) is 7.11. The fourth-order valence-electron chi connectivity index (χ4n) is 2.90. The van der Waals surface area contributed by atoms with Crippen molar-refractivity contribution in [2.75, 3.05) is 65.6 Å². The number of rotatable bonds is 8. The SMILES string of the molecule is NC(=NCCCN1CCCC1)NCCCN1CCOCC1. The zero-order valence-corrected chi connectivity index (χ0v) is 13.2. The van der Waals surface area contributed by atoms with Crippen LogP contribution >= 0.6 is 0 Å². The molecule has 2 heterocycles. The Morgan fingerprint density at radius 2 is 1.67 bits per heavy atom. The summed E-state index contributed by atoms with van der Waals surface area (Å²) in [5, 5.41) is 3.21. The van der Waals surface area contributed by atoms with E-state index in [1.807, 2.05) is 0 Å². The molecule has 0 aromatic heterocycles. The predicted molar refractivity (Wildman–Crippen MR) is 86.7 cm³/mol. The summed E-state index contributed by atoms with van der Waals surface area (Å²) in [6.07, 6.45) is 4.92. The molecule has 0 aromatic carbocycles. The average molecular weight is 297 g/mol. The lowest BCUT2D eigenvalue weighted by molar-refractivity contribution is 0.0376. The van der Waals surface area contributed by atoms with Crippen molar-refractivity contribution < 1.29 is 4.74 Å². The summed E-state index contributed by atoms with van der Waals surface area (Å²) in [6.45, 7) is 10.4. The van der Waals surface area contributed by atoms with E-state index in [-0.39, 0.29) is 0 Å². The van der Waals surface area contributed by atoms with Crippen LogP contribution in [0.2, 0.25) is 0 Å². The van der Waals surface area contributed by atoms with Crippen LogP contribution in [0.15, 0.2) is 4.99 Å². The number of ether oxygens (including phenoxy) is 1. The van der Waals surface area contributed by atoms with E-state index in [9.17, 15) is 0 Å². The van der Waals surface area contributed by atoms with Crippen molar-refractivity contribution in [3.05, 3.63) is 0 Å². The van der Waals surface area contributed by atoms with Crippen molar-refractivity contribution in [1.82, 2.24) is 15.1 Å². The molecule has 3 N–H and O–H groups in total. The van der Waals surface area contributed by atoms with Gasteiger partial charge in [0.25, 0.3) is 0 Å². The molecule has 2 aliphatic heterocycles. The molecule has 2 rings (SSSR count). The second-order valence-corrected chi connectivity index (χ2v) is 5.90. The van der Waals surface area contributed by atoms with E-state index in [0.717, 1.165) is 65.3 Å². The highest BCUT2D eigenvalue weighted by molar-refractivity contribution is 5.77. The quantitative estimate of drug-likeness (QED) is 0.378. The summed E-state index contributed by atoms with van der Waals surface area (Å²) in [5.41, 5.74) is 5.88. The van der Waals surface area contributed by atoms with Crippen LogP contribution in [-0.2, 0) is 4.74 Å². The molecule has 21 heavy (non-hydrogen) atoms. The maximum Gasteiger partial charge on any atom is 0.188 e. The molecule has 0 aliphatic carbocycles. The van der Waals surface area contributed by atoms with Gasteiger partial charge in [0, 0.05) is 26.2 Å². The Balaban J connectivity index is 1.44. The van der Waals surface area contributed by atoms with Crippen molar-refractivity contribution in [2.45, 2.75) is 25.7 Å². The first kappa shape index (κ1) is 16.5. The van der Waals surface area contributed by atoms with Gasteiger partial charge in [-0.2, -0.15) is 0 Å². The molecule has 0 aromatic rings. The number of nitrogens with one attached hydrogen (secondary N) is 1. The van der Waals surface area contributed by atoms with Crippen LogP contribution in [0.1, 0.15) is 25.7 Å². The van der Waals surface area contributed by atoms with E-state index in [0.29, 0.717) is 5.96 Å². The second kappa shape index (κ2) is 9.97. The van der Waals surface area contributed by atoms with E-state index < -0.39 is 0 Å². The molecule has 2 aliphatic rings. The lowest BCUT2D eigenvalue weighted by atomic mass is 10.3. The number of hydrogen-bond donors (Lipinski definition) is 2. The highest BCUT2D eigenvalue weighted by Gasteiger charge is 2.10. The maximum atomic E-state index is 5.88. The molecule has 0 atom stereocenters. The number of guanidine groups is 1. The molecule has 0 unspecified atom stereocenters. The van der Waals surface area contributed by atoms with E-state index in [4.69, 9.17) is 10.5 Å². The van der Waals surface area contributed by atoms with Gasteiger partial charge in [0.05, 0.1) is 13.2 Å². The fourth-order valence-corrected chi connectivity index (χ4v) is 2.90. The van der Waals surface area contributed by atoms with Crippen LogP contribution in [-0.4, -0.2) is 81.3 Å². The van der Waals surface area contributed by atoms with Crippen LogP contribution in [0.4, 0.5) is 0 Å². The highest BCUT2D eigenvalue weighted by Crippen LogP contribution is 2.07. The van der Waals surface area contributed by atoms with Crippen molar-refractivity contribution >= 4 is 5.96 Å². The molecule has 0 bridgehead atoms. The first-order valence-electron chi connectivity index (χ1n) is 8.41. The van der Waals surface area contributed by atoms with Gasteiger partial charge in [0.1, 0.15) is 0 Å². The Kier molecular flexibility index (Phi) is 7.85. The minimum Gasteiger partial charge on any atom is -0.379 e. The van der Waals surface area contributed by atoms with Crippen LogP contribution < -0.4 is 11.1 Å². The third-order valence-corrected chi connectivity index (χ3v) is 4.17. The molecular weight excluding hydrogens is 266 g/mol. The van der Waals surface area contributed by atoms with E-state index in [2.05, 4.69) is 20.1 Å². The Bertz CT molecular complexity index is 298. The van der Waals surface area contributed by atoms with Gasteiger partial charge < -0.3 is 20.7 Å². The van der Waals surface area contributed by atoms with Crippen LogP contribution in [0.3, 0.4) is 0 Å². The van der Waals surface area contributed by atoms with E-state index in [1.165, 1.54) is 25.9 Å². The monoisotopic (exact) mass is 297 g/mol. The lowest BCUT2D eigenvalue weighted by Gasteiger charge is -2.26. The summed E-state index contributed by atoms with van der Waals surface area (Å²) < 4.78 is 5.34. The summed E-state index contributed by atoms with van der Waals surface area (Å²) in [7, 11) is 0. The van der Waals surface area contributed by atoms with Crippen molar-refractivity contribution in [2.24, 2.45) is 10.7 Å². The van der Waals surface area contributed by atoms with Crippen molar-refractivity contribution in [1.29, 1.82) is 0 Å². The highest BCUT2D eigenvalue weighted by atomic mass is 16.5.